The van der Waals surface area contributed by atoms with Gasteiger partial charge in [0, 0.05) is 17.1 Å². The van der Waals surface area contributed by atoms with Gasteiger partial charge in [-0.2, -0.15) is 19.3 Å². The van der Waals surface area contributed by atoms with Crippen molar-refractivity contribution in [3.8, 4) is 0 Å². The molecule has 2 aliphatic heterocycles. The molecule has 1 aromatic carbocycles. The van der Waals surface area contributed by atoms with Crippen molar-refractivity contribution in [1.82, 2.24) is 19.3 Å². The van der Waals surface area contributed by atoms with Gasteiger partial charge in [0.05, 0.1) is 23.5 Å². The van der Waals surface area contributed by atoms with Crippen LogP contribution in [0.4, 0.5) is 0 Å². The zero-order valence-electron chi connectivity index (χ0n) is 13.6. The maximum Gasteiger partial charge on any atom is 0.245 e. The van der Waals surface area contributed by atoms with Gasteiger partial charge in [0.1, 0.15) is 4.90 Å². The van der Waals surface area contributed by atoms with Crippen molar-refractivity contribution in [2.75, 3.05) is 0 Å². The number of benzene rings is 1. The Morgan fingerprint density at radius 2 is 1.60 bits per heavy atom. The number of aromatic nitrogens is 3. The van der Waals surface area contributed by atoms with E-state index in [1.807, 2.05) is 0 Å². The molecule has 3 heterocycles. The smallest absolute Gasteiger partial charge is 0.207 e. The molecule has 0 aliphatic carbocycles. The van der Waals surface area contributed by atoms with Crippen LogP contribution < -0.4 is 0 Å². The van der Waals surface area contributed by atoms with Gasteiger partial charge in [-0.25, -0.2) is 8.42 Å². The Bertz CT molecular complexity index is 887. The van der Waals surface area contributed by atoms with Gasteiger partial charge in [0.2, 0.25) is 10.0 Å². The van der Waals surface area contributed by atoms with Crippen LogP contribution in [-0.4, -0.2) is 39.8 Å². The topological polar surface area (TPSA) is 68.1 Å². The zero-order valence-corrected chi connectivity index (χ0v) is 16.0. The van der Waals surface area contributed by atoms with Crippen molar-refractivity contribution in [1.29, 1.82) is 0 Å². The highest BCUT2D eigenvalue weighted by molar-refractivity contribution is 7.89. The van der Waals surface area contributed by atoms with E-state index in [1.165, 1.54) is 6.07 Å². The van der Waals surface area contributed by atoms with Crippen LogP contribution >= 0.6 is 23.2 Å². The highest BCUT2D eigenvalue weighted by Crippen LogP contribution is 2.44. The van der Waals surface area contributed by atoms with Crippen LogP contribution in [0.1, 0.15) is 37.3 Å². The summed E-state index contributed by atoms with van der Waals surface area (Å²) in [5.74, 6) is 0. The van der Waals surface area contributed by atoms with Crippen molar-refractivity contribution < 1.29 is 8.42 Å². The molecule has 2 fully saturated rings. The first kappa shape index (κ1) is 17.3. The second-order valence-electron chi connectivity index (χ2n) is 6.73. The van der Waals surface area contributed by atoms with E-state index in [0.717, 1.165) is 12.8 Å². The van der Waals surface area contributed by atoms with E-state index in [-0.39, 0.29) is 28.0 Å². The molecular weight excluding hydrogens is 383 g/mol. The third-order valence-corrected chi connectivity index (χ3v) is 8.05. The van der Waals surface area contributed by atoms with E-state index in [1.54, 1.807) is 34.5 Å². The van der Waals surface area contributed by atoms with Gasteiger partial charge in [0.25, 0.3) is 0 Å². The van der Waals surface area contributed by atoms with Crippen LogP contribution in [0, 0.1) is 6.92 Å². The molecule has 1 aromatic heterocycles. The normalized spacial score (nSPS) is 26.9. The highest BCUT2D eigenvalue weighted by Gasteiger charge is 2.48. The molecule has 2 atom stereocenters. The molecule has 134 valence electrons. The van der Waals surface area contributed by atoms with E-state index in [9.17, 15) is 8.42 Å². The van der Waals surface area contributed by atoms with Crippen LogP contribution in [0.25, 0.3) is 0 Å². The predicted octanol–water partition coefficient (Wildman–Crippen LogP) is 3.45. The summed E-state index contributed by atoms with van der Waals surface area (Å²) in [5, 5.41) is 9.08. The number of rotatable bonds is 3. The largest absolute Gasteiger partial charge is 0.245 e. The van der Waals surface area contributed by atoms with Gasteiger partial charge in [-0.15, -0.1) is 0 Å². The molecule has 2 unspecified atom stereocenters. The number of hydrogen-bond donors (Lipinski definition) is 0. The minimum atomic E-state index is -3.67. The molecule has 2 aliphatic rings. The van der Waals surface area contributed by atoms with Crippen molar-refractivity contribution in [2.45, 2.75) is 55.6 Å². The van der Waals surface area contributed by atoms with E-state index < -0.39 is 10.0 Å². The van der Waals surface area contributed by atoms with Crippen LogP contribution in [0.2, 0.25) is 10.0 Å². The van der Waals surface area contributed by atoms with E-state index in [0.29, 0.717) is 23.4 Å². The van der Waals surface area contributed by atoms with Crippen molar-refractivity contribution >= 4 is 33.2 Å². The van der Waals surface area contributed by atoms with E-state index in [2.05, 4.69) is 10.2 Å². The van der Waals surface area contributed by atoms with Crippen molar-refractivity contribution in [3.05, 3.63) is 40.1 Å². The third kappa shape index (κ3) is 2.87. The number of piperidine rings is 1. The minimum Gasteiger partial charge on any atom is -0.207 e. The van der Waals surface area contributed by atoms with Gasteiger partial charge in [-0.3, -0.25) is 0 Å². The summed E-state index contributed by atoms with van der Waals surface area (Å²) < 4.78 is 28.2. The Morgan fingerprint density at radius 3 is 2.20 bits per heavy atom. The lowest BCUT2D eigenvalue weighted by Crippen LogP contribution is -2.47. The molecule has 4 rings (SSSR count). The number of aryl methyl sites for hydroxylation is 1. The second kappa shape index (κ2) is 6.23. The van der Waals surface area contributed by atoms with Gasteiger partial charge in [-0.05, 0) is 50.3 Å². The maximum atomic E-state index is 13.3. The number of sulfonamides is 1. The number of halogens is 2. The zero-order chi connectivity index (χ0) is 17.8. The molecule has 0 spiro atoms. The van der Waals surface area contributed by atoms with Crippen molar-refractivity contribution in [3.63, 3.8) is 0 Å². The summed E-state index contributed by atoms with van der Waals surface area (Å²) >= 11 is 12.3. The predicted molar refractivity (Wildman–Crippen MR) is 95.3 cm³/mol. The Labute approximate surface area is 156 Å². The summed E-state index contributed by atoms with van der Waals surface area (Å²) in [7, 11) is -3.67. The van der Waals surface area contributed by atoms with Gasteiger partial charge in [-0.1, -0.05) is 23.2 Å². The fourth-order valence-electron chi connectivity index (χ4n) is 4.04. The van der Waals surface area contributed by atoms with E-state index in [4.69, 9.17) is 23.2 Å². The average molecular weight is 401 g/mol. The third-order valence-electron chi connectivity index (χ3n) is 5.17. The number of fused-ring (bicyclic) bond motifs is 2. The van der Waals surface area contributed by atoms with Crippen LogP contribution in [0.5, 0.6) is 0 Å². The first-order valence-corrected chi connectivity index (χ1v) is 10.4. The fourth-order valence-corrected chi connectivity index (χ4v) is 6.74. The molecule has 9 heteroatoms. The first-order valence-electron chi connectivity index (χ1n) is 8.23. The van der Waals surface area contributed by atoms with Gasteiger partial charge in [0.15, 0.2) is 0 Å². The Morgan fingerprint density at radius 1 is 1.00 bits per heavy atom. The number of hydrogen-bond acceptors (Lipinski definition) is 4. The molecule has 0 saturated carbocycles. The van der Waals surface area contributed by atoms with Crippen LogP contribution in [0.3, 0.4) is 0 Å². The molecule has 0 N–H and O–H groups in total. The Hall–Kier alpha value is -1.15. The van der Waals surface area contributed by atoms with E-state index >= 15 is 0 Å². The number of nitrogens with zero attached hydrogens (tertiary/aromatic N) is 4. The molecule has 0 amide bonds. The van der Waals surface area contributed by atoms with Crippen LogP contribution in [-0.2, 0) is 10.0 Å². The molecule has 2 bridgehead atoms. The maximum absolute atomic E-state index is 13.3. The summed E-state index contributed by atoms with van der Waals surface area (Å²) in [4.78, 5) is 1.85. The molecule has 0 radical (unpaired) electrons. The lowest BCUT2D eigenvalue weighted by Gasteiger charge is -2.37. The second-order valence-corrected chi connectivity index (χ2v) is 9.35. The van der Waals surface area contributed by atoms with Crippen molar-refractivity contribution in [2.24, 2.45) is 0 Å². The lowest BCUT2D eigenvalue weighted by atomic mass is 10.0. The molecule has 2 saturated heterocycles. The lowest BCUT2D eigenvalue weighted by molar-refractivity contribution is 0.174. The summed E-state index contributed by atoms with van der Waals surface area (Å²) in [6.07, 6.45) is 6.45. The highest BCUT2D eigenvalue weighted by atomic mass is 35.5. The van der Waals surface area contributed by atoms with Gasteiger partial charge >= 0.3 is 0 Å². The SMILES string of the molecule is Cc1cc(S(=O)(=O)N2C3CCC2CC(n2nccn2)C3)c(Cl)cc1Cl. The molecule has 25 heavy (non-hydrogen) atoms. The molecule has 2 aromatic rings. The Balaban J connectivity index is 1.68. The quantitative estimate of drug-likeness (QED) is 0.790. The first-order chi connectivity index (χ1) is 11.9. The summed E-state index contributed by atoms with van der Waals surface area (Å²) in [6, 6.07) is 3.12. The van der Waals surface area contributed by atoms with Crippen LogP contribution in [0.15, 0.2) is 29.4 Å². The standard InChI is InChI=1S/C16H18Cl2N4O2S/c1-10-6-16(15(18)9-14(10)17)25(23,24)21-11-2-3-12(21)8-13(7-11)22-19-4-5-20-22/h4-6,9,11-13H,2-3,7-8H2,1H3. The minimum absolute atomic E-state index is 0.0493. The molecular formula is C16H18Cl2N4O2S. The fraction of sp³-hybridized carbons (Fsp3) is 0.500. The monoisotopic (exact) mass is 400 g/mol. The Kier molecular flexibility index (Phi) is 4.30. The average Bonchev–Trinajstić information content (AvgIpc) is 3.18. The summed E-state index contributed by atoms with van der Waals surface area (Å²) in [6.45, 7) is 1.78. The van der Waals surface area contributed by atoms with Gasteiger partial charge < -0.3 is 0 Å². The summed E-state index contributed by atoms with van der Waals surface area (Å²) in [5.41, 5.74) is 0.701. The molecule has 6 nitrogen and oxygen atoms in total.